The average molecular weight is 546 g/mol. The molecule has 3 aromatic carbocycles. The first-order valence-corrected chi connectivity index (χ1v) is 14.1. The Kier molecular flexibility index (Phi) is 5.78. The van der Waals surface area contributed by atoms with Gasteiger partial charge in [-0.2, -0.15) is 4.68 Å². The predicted octanol–water partition coefficient (Wildman–Crippen LogP) is 5.95. The Bertz CT molecular complexity index is 2130. The molecule has 0 amide bonds. The van der Waals surface area contributed by atoms with Gasteiger partial charge in [0.15, 0.2) is 0 Å². The molecule has 7 nitrogen and oxygen atoms in total. The molecule has 0 fully saturated rings. The van der Waals surface area contributed by atoms with Gasteiger partial charge in [-0.05, 0) is 49.6 Å². The van der Waals surface area contributed by atoms with Crippen LogP contribution in [0.3, 0.4) is 0 Å². The van der Waals surface area contributed by atoms with Crippen LogP contribution in [0.1, 0.15) is 22.4 Å². The number of hydrogen-bond donors (Lipinski definition) is 1. The number of fused-ring (bicyclic) bond motifs is 3. The molecule has 4 aromatic heterocycles. The molecule has 0 saturated heterocycles. The highest BCUT2D eigenvalue weighted by Gasteiger charge is 2.22. The summed E-state index contributed by atoms with van der Waals surface area (Å²) >= 11 is 1.47. The minimum Gasteiger partial charge on any atom is -0.361 e. The van der Waals surface area contributed by atoms with E-state index >= 15 is 0 Å². The molecular formula is C32H27N5O2S. The van der Waals surface area contributed by atoms with Crippen LogP contribution in [0.5, 0.6) is 0 Å². The molecule has 4 heterocycles. The molecule has 0 aliphatic carbocycles. The molecule has 0 aliphatic heterocycles. The van der Waals surface area contributed by atoms with Gasteiger partial charge < -0.3 is 9.55 Å². The number of para-hydroxylation sites is 2. The highest BCUT2D eigenvalue weighted by Crippen LogP contribution is 2.27. The number of nitrogens with one attached hydrogen (secondary N) is 1. The van der Waals surface area contributed by atoms with Gasteiger partial charge in [-0.25, -0.2) is 4.98 Å². The van der Waals surface area contributed by atoms with Crippen molar-refractivity contribution >= 4 is 43.4 Å². The molecule has 7 rings (SSSR count). The van der Waals surface area contributed by atoms with E-state index < -0.39 is 0 Å². The van der Waals surface area contributed by atoms with Gasteiger partial charge in [0.25, 0.3) is 11.1 Å². The number of H-pyrrole nitrogens is 1. The van der Waals surface area contributed by atoms with E-state index in [1.54, 1.807) is 15.3 Å². The second-order valence-corrected chi connectivity index (χ2v) is 11.2. The third kappa shape index (κ3) is 3.99. The highest BCUT2D eigenvalue weighted by atomic mass is 32.1. The van der Waals surface area contributed by atoms with Crippen LogP contribution >= 0.6 is 11.3 Å². The van der Waals surface area contributed by atoms with Crippen LogP contribution < -0.4 is 11.1 Å². The van der Waals surface area contributed by atoms with Gasteiger partial charge in [-0.1, -0.05) is 71.5 Å². The van der Waals surface area contributed by atoms with Crippen molar-refractivity contribution in [3.63, 3.8) is 0 Å². The van der Waals surface area contributed by atoms with Crippen LogP contribution in [-0.4, -0.2) is 23.9 Å². The van der Waals surface area contributed by atoms with Crippen LogP contribution in [0, 0.1) is 13.8 Å². The summed E-state index contributed by atoms with van der Waals surface area (Å²) in [6.07, 6.45) is 2.67. The maximum atomic E-state index is 14.2. The fourth-order valence-electron chi connectivity index (χ4n) is 5.56. The van der Waals surface area contributed by atoms with Gasteiger partial charge in [0, 0.05) is 35.4 Å². The summed E-state index contributed by atoms with van der Waals surface area (Å²) in [4.78, 5) is 35.8. The third-order valence-corrected chi connectivity index (χ3v) is 8.68. The van der Waals surface area contributed by atoms with Gasteiger partial charge in [-0.3, -0.25) is 14.3 Å². The van der Waals surface area contributed by atoms with Gasteiger partial charge in [0.05, 0.1) is 27.7 Å². The molecule has 0 bridgehead atoms. The summed E-state index contributed by atoms with van der Waals surface area (Å²) in [5, 5.41) is 2.29. The van der Waals surface area contributed by atoms with E-state index in [9.17, 15) is 9.59 Å². The number of aromatic amines is 1. The van der Waals surface area contributed by atoms with E-state index in [0.717, 1.165) is 32.2 Å². The number of rotatable bonds is 6. The van der Waals surface area contributed by atoms with E-state index in [0.29, 0.717) is 41.2 Å². The second-order valence-electron chi connectivity index (χ2n) is 10.2. The third-order valence-electron chi connectivity index (χ3n) is 7.67. The first kappa shape index (κ1) is 24.4. The van der Waals surface area contributed by atoms with E-state index in [-0.39, 0.29) is 11.1 Å². The Labute approximate surface area is 233 Å². The van der Waals surface area contributed by atoms with E-state index in [4.69, 9.17) is 4.98 Å². The molecule has 198 valence electrons. The number of hydrogen-bond acceptors (Lipinski definition) is 4. The van der Waals surface area contributed by atoms with Crippen LogP contribution in [0.2, 0.25) is 0 Å². The van der Waals surface area contributed by atoms with Crippen LogP contribution in [-0.2, 0) is 19.5 Å². The molecule has 0 unspecified atom stereocenters. The zero-order chi connectivity index (χ0) is 27.4. The van der Waals surface area contributed by atoms with Crippen molar-refractivity contribution in [2.24, 2.45) is 0 Å². The van der Waals surface area contributed by atoms with Gasteiger partial charge in [0.1, 0.15) is 0 Å². The summed E-state index contributed by atoms with van der Waals surface area (Å²) in [5.74, 6) is 0. The van der Waals surface area contributed by atoms with Crippen molar-refractivity contribution in [1.29, 1.82) is 0 Å². The standard InChI is InChI=1S/C32H27N5O2S/c1-20-11-13-22(14-12-20)19-36-27-17-29(38)35(16-15-23-18-33-25-8-4-3-7-24(23)25)21(2)30(27)31(39)37(36)32-34-26-9-5-6-10-28(26)40-32/h3-14,17-18,33H,15-16,19H2,1-2H3. The molecule has 8 heteroatoms. The number of nitrogens with zero attached hydrogens (tertiary/aromatic N) is 4. The lowest BCUT2D eigenvalue weighted by molar-refractivity contribution is 0.609. The zero-order valence-corrected chi connectivity index (χ0v) is 23.0. The smallest absolute Gasteiger partial charge is 0.283 e. The molecule has 0 saturated carbocycles. The fraction of sp³-hybridized carbons (Fsp3) is 0.156. The Morgan fingerprint density at radius 2 is 1.70 bits per heavy atom. The quantitative estimate of drug-likeness (QED) is 0.280. The highest BCUT2D eigenvalue weighted by molar-refractivity contribution is 7.20. The van der Waals surface area contributed by atoms with Crippen molar-refractivity contribution in [1.82, 2.24) is 23.9 Å². The molecule has 0 atom stereocenters. The Balaban J connectivity index is 1.39. The van der Waals surface area contributed by atoms with Crippen molar-refractivity contribution < 1.29 is 0 Å². The Morgan fingerprint density at radius 3 is 2.52 bits per heavy atom. The number of benzene rings is 3. The van der Waals surface area contributed by atoms with Crippen molar-refractivity contribution in [2.45, 2.75) is 33.4 Å². The maximum Gasteiger partial charge on any atom is 0.283 e. The van der Waals surface area contributed by atoms with E-state index in [2.05, 4.69) is 35.3 Å². The van der Waals surface area contributed by atoms with Crippen LogP contribution in [0.15, 0.2) is 94.6 Å². The van der Waals surface area contributed by atoms with Gasteiger partial charge in [-0.15, -0.1) is 0 Å². The monoisotopic (exact) mass is 545 g/mol. The zero-order valence-electron chi connectivity index (χ0n) is 22.2. The summed E-state index contributed by atoms with van der Waals surface area (Å²) in [6, 6.07) is 25.9. The van der Waals surface area contributed by atoms with Gasteiger partial charge >= 0.3 is 0 Å². The largest absolute Gasteiger partial charge is 0.361 e. The summed E-state index contributed by atoms with van der Waals surface area (Å²) in [5.41, 5.74) is 6.27. The van der Waals surface area contributed by atoms with E-state index in [1.165, 1.54) is 16.9 Å². The number of pyridine rings is 1. The summed E-state index contributed by atoms with van der Waals surface area (Å²) in [6.45, 7) is 4.84. The number of aryl methyl sites for hydroxylation is 3. The molecule has 40 heavy (non-hydrogen) atoms. The SMILES string of the molecule is Cc1ccc(Cn2c3cc(=O)n(CCc4c[nH]c5ccccc45)c(C)c3c(=O)n2-c2nc3ccccc3s2)cc1. The normalized spacial score (nSPS) is 11.8. The molecule has 0 spiro atoms. The minimum atomic E-state index is -0.167. The lowest BCUT2D eigenvalue weighted by Crippen LogP contribution is -2.24. The predicted molar refractivity (Wildman–Crippen MR) is 162 cm³/mol. The average Bonchev–Trinajstić information content (AvgIpc) is 3.64. The Hall–Kier alpha value is -4.69. The summed E-state index contributed by atoms with van der Waals surface area (Å²) < 4.78 is 6.28. The molecule has 0 aliphatic rings. The topological polar surface area (TPSA) is 77.6 Å². The molecule has 7 aromatic rings. The second kappa shape index (κ2) is 9.50. The lowest BCUT2D eigenvalue weighted by atomic mass is 10.1. The summed E-state index contributed by atoms with van der Waals surface area (Å²) in [7, 11) is 0. The van der Waals surface area contributed by atoms with Crippen molar-refractivity contribution in [3.8, 4) is 5.13 Å². The maximum absolute atomic E-state index is 14.2. The van der Waals surface area contributed by atoms with Crippen molar-refractivity contribution in [2.75, 3.05) is 0 Å². The van der Waals surface area contributed by atoms with Crippen LogP contribution in [0.25, 0.3) is 37.2 Å². The van der Waals surface area contributed by atoms with Crippen molar-refractivity contribution in [3.05, 3.63) is 128 Å². The number of aromatic nitrogens is 5. The Morgan fingerprint density at radius 1 is 0.925 bits per heavy atom. The molecule has 1 N–H and O–H groups in total. The molecule has 0 radical (unpaired) electrons. The lowest BCUT2D eigenvalue weighted by Gasteiger charge is -2.13. The minimum absolute atomic E-state index is 0.121. The number of thiazole rings is 1. The van der Waals surface area contributed by atoms with Crippen LogP contribution in [0.4, 0.5) is 0 Å². The first-order chi connectivity index (χ1) is 19.5. The van der Waals surface area contributed by atoms with Gasteiger partial charge in [0.2, 0.25) is 5.13 Å². The van der Waals surface area contributed by atoms with E-state index in [1.807, 2.05) is 67.2 Å². The fourth-order valence-corrected chi connectivity index (χ4v) is 6.53. The molecular weight excluding hydrogens is 518 g/mol. The first-order valence-electron chi connectivity index (χ1n) is 13.3.